The Morgan fingerprint density at radius 1 is 1.25 bits per heavy atom. The number of hydrogen-bond donors (Lipinski definition) is 1. The maximum atomic E-state index is 12.1. The molecule has 2 rings (SSSR count). The lowest BCUT2D eigenvalue weighted by Gasteiger charge is -2.07. The third kappa shape index (κ3) is 3.74. The van der Waals surface area contributed by atoms with Crippen molar-refractivity contribution in [1.29, 1.82) is 0 Å². The number of aryl methyl sites for hydroxylation is 1. The third-order valence-corrected chi connectivity index (χ3v) is 2.45. The second kappa shape index (κ2) is 6.10. The zero-order chi connectivity index (χ0) is 14.5. The number of benzene rings is 1. The van der Waals surface area contributed by atoms with Crippen LogP contribution in [-0.2, 0) is 0 Å². The molecule has 0 atom stereocenters. The average molecular weight is 278 g/mol. The molecule has 1 N–H and O–H groups in total. The summed E-state index contributed by atoms with van der Waals surface area (Å²) in [5.74, 6) is -0.108. The normalized spacial score (nSPS) is 10.4. The van der Waals surface area contributed by atoms with E-state index in [0.717, 1.165) is 5.69 Å². The van der Waals surface area contributed by atoms with Crippen LogP contribution >= 0.6 is 0 Å². The number of pyridine rings is 1. The van der Waals surface area contributed by atoms with E-state index in [1.807, 2.05) is 0 Å². The molecule has 0 saturated carbocycles. The van der Waals surface area contributed by atoms with E-state index >= 15 is 0 Å². The summed E-state index contributed by atoms with van der Waals surface area (Å²) in [4.78, 5) is 16.1. The smallest absolute Gasteiger partial charge is 0.387 e. The van der Waals surface area contributed by atoms with Gasteiger partial charge in [0.05, 0.1) is 0 Å². The number of halogens is 2. The van der Waals surface area contributed by atoms with Crippen LogP contribution in [0.5, 0.6) is 5.75 Å². The van der Waals surface area contributed by atoms with Crippen LogP contribution in [-0.4, -0.2) is 17.5 Å². The van der Waals surface area contributed by atoms with E-state index in [9.17, 15) is 13.6 Å². The summed E-state index contributed by atoms with van der Waals surface area (Å²) in [6.07, 6.45) is 0. The van der Waals surface area contributed by atoms with Crippen LogP contribution in [0.1, 0.15) is 16.1 Å². The molecule has 0 bridgehead atoms. The Morgan fingerprint density at radius 3 is 2.70 bits per heavy atom. The Labute approximate surface area is 114 Å². The topological polar surface area (TPSA) is 51.2 Å². The fraction of sp³-hybridized carbons (Fsp3) is 0.143. The average Bonchev–Trinajstić information content (AvgIpc) is 2.38. The van der Waals surface area contributed by atoms with Gasteiger partial charge in [0.15, 0.2) is 0 Å². The fourth-order valence-corrected chi connectivity index (χ4v) is 1.61. The largest absolute Gasteiger partial charge is 0.435 e. The molecule has 0 radical (unpaired) electrons. The molecule has 1 aromatic heterocycles. The zero-order valence-electron chi connectivity index (χ0n) is 10.6. The molecule has 104 valence electrons. The predicted octanol–water partition coefficient (Wildman–Crippen LogP) is 3.24. The first kappa shape index (κ1) is 13.9. The molecular weight excluding hydrogens is 266 g/mol. The first-order valence-electron chi connectivity index (χ1n) is 5.84. The second-order valence-corrected chi connectivity index (χ2v) is 4.02. The van der Waals surface area contributed by atoms with Crippen molar-refractivity contribution in [2.24, 2.45) is 0 Å². The van der Waals surface area contributed by atoms with Crippen molar-refractivity contribution in [2.45, 2.75) is 13.5 Å². The van der Waals surface area contributed by atoms with E-state index in [4.69, 9.17) is 0 Å². The minimum atomic E-state index is -2.92. The van der Waals surface area contributed by atoms with Crippen LogP contribution < -0.4 is 10.1 Å². The molecular formula is C14H12F2N2O2. The van der Waals surface area contributed by atoms with Gasteiger partial charge < -0.3 is 10.1 Å². The highest BCUT2D eigenvalue weighted by molar-refractivity contribution is 6.03. The summed E-state index contributed by atoms with van der Waals surface area (Å²) >= 11 is 0. The van der Waals surface area contributed by atoms with E-state index in [-0.39, 0.29) is 11.3 Å². The van der Waals surface area contributed by atoms with Crippen LogP contribution in [0.2, 0.25) is 0 Å². The lowest BCUT2D eigenvalue weighted by molar-refractivity contribution is -0.0498. The molecule has 6 heteroatoms. The van der Waals surface area contributed by atoms with Gasteiger partial charge in [0.1, 0.15) is 11.6 Å². The molecule has 0 spiro atoms. The number of ether oxygens (including phenoxy) is 1. The van der Waals surface area contributed by atoms with Crippen molar-refractivity contribution in [3.05, 3.63) is 53.7 Å². The molecule has 2 aromatic rings. The monoisotopic (exact) mass is 278 g/mol. The van der Waals surface area contributed by atoms with E-state index in [2.05, 4.69) is 15.0 Å². The summed E-state index contributed by atoms with van der Waals surface area (Å²) in [5, 5.41) is 2.59. The standard InChI is InChI=1S/C14H12F2N2O2/c1-9-4-2-7-12(17-9)18-13(19)10-5-3-6-11(8-10)20-14(15)16/h2-8,14H,1H3,(H,17,18,19). The van der Waals surface area contributed by atoms with Crippen LogP contribution in [0.15, 0.2) is 42.5 Å². The van der Waals surface area contributed by atoms with Crippen molar-refractivity contribution in [3.63, 3.8) is 0 Å². The molecule has 0 saturated heterocycles. The lowest BCUT2D eigenvalue weighted by Crippen LogP contribution is -2.13. The molecule has 1 amide bonds. The first-order chi connectivity index (χ1) is 9.54. The summed E-state index contributed by atoms with van der Waals surface area (Å²) in [5.41, 5.74) is 0.976. The summed E-state index contributed by atoms with van der Waals surface area (Å²) in [7, 11) is 0. The molecule has 4 nitrogen and oxygen atoms in total. The lowest BCUT2D eigenvalue weighted by atomic mass is 10.2. The summed E-state index contributed by atoms with van der Waals surface area (Å²) < 4.78 is 28.5. The van der Waals surface area contributed by atoms with Crippen LogP contribution in [0, 0.1) is 6.92 Å². The van der Waals surface area contributed by atoms with Gasteiger partial charge in [-0.2, -0.15) is 8.78 Å². The molecule has 0 aliphatic rings. The number of anilines is 1. The van der Waals surface area contributed by atoms with Crippen LogP contribution in [0.25, 0.3) is 0 Å². The number of carbonyl (C=O) groups is 1. The molecule has 0 fully saturated rings. The molecule has 0 aliphatic heterocycles. The number of hydrogen-bond acceptors (Lipinski definition) is 3. The van der Waals surface area contributed by atoms with E-state index in [1.165, 1.54) is 24.3 Å². The van der Waals surface area contributed by atoms with E-state index in [0.29, 0.717) is 5.82 Å². The van der Waals surface area contributed by atoms with Crippen molar-refractivity contribution in [1.82, 2.24) is 4.98 Å². The Bertz CT molecular complexity index is 618. The molecule has 0 unspecified atom stereocenters. The van der Waals surface area contributed by atoms with Gasteiger partial charge in [-0.3, -0.25) is 4.79 Å². The number of rotatable bonds is 4. The molecule has 1 heterocycles. The van der Waals surface area contributed by atoms with Gasteiger partial charge in [-0.15, -0.1) is 0 Å². The minimum Gasteiger partial charge on any atom is -0.435 e. The Balaban J connectivity index is 2.13. The SMILES string of the molecule is Cc1cccc(NC(=O)c2cccc(OC(F)F)c2)n1. The second-order valence-electron chi connectivity index (χ2n) is 4.02. The highest BCUT2D eigenvalue weighted by Crippen LogP contribution is 2.17. The van der Waals surface area contributed by atoms with Gasteiger partial charge in [0, 0.05) is 11.3 Å². The first-order valence-corrected chi connectivity index (χ1v) is 5.84. The maximum absolute atomic E-state index is 12.1. The number of carbonyl (C=O) groups excluding carboxylic acids is 1. The molecule has 20 heavy (non-hydrogen) atoms. The van der Waals surface area contributed by atoms with Crippen molar-refractivity contribution < 1.29 is 18.3 Å². The van der Waals surface area contributed by atoms with Gasteiger partial charge >= 0.3 is 6.61 Å². The van der Waals surface area contributed by atoms with Crippen molar-refractivity contribution >= 4 is 11.7 Å². The Kier molecular flexibility index (Phi) is 4.24. The van der Waals surface area contributed by atoms with Crippen molar-refractivity contribution in [3.8, 4) is 5.75 Å². The third-order valence-electron chi connectivity index (χ3n) is 2.45. The maximum Gasteiger partial charge on any atom is 0.387 e. The number of alkyl halides is 2. The van der Waals surface area contributed by atoms with Gasteiger partial charge in [-0.25, -0.2) is 4.98 Å². The summed E-state index contributed by atoms with van der Waals surface area (Å²) in [6.45, 7) is -1.13. The fourth-order valence-electron chi connectivity index (χ4n) is 1.61. The number of aromatic nitrogens is 1. The van der Waals surface area contributed by atoms with Gasteiger partial charge in [-0.05, 0) is 37.3 Å². The van der Waals surface area contributed by atoms with Crippen molar-refractivity contribution in [2.75, 3.05) is 5.32 Å². The van der Waals surface area contributed by atoms with Crippen LogP contribution in [0.3, 0.4) is 0 Å². The number of amides is 1. The molecule has 1 aromatic carbocycles. The highest BCUT2D eigenvalue weighted by atomic mass is 19.3. The summed E-state index contributed by atoms with van der Waals surface area (Å²) in [6, 6.07) is 10.8. The van der Waals surface area contributed by atoms with Gasteiger partial charge in [-0.1, -0.05) is 12.1 Å². The number of nitrogens with one attached hydrogen (secondary N) is 1. The zero-order valence-corrected chi connectivity index (χ0v) is 10.6. The Hall–Kier alpha value is -2.50. The van der Waals surface area contributed by atoms with E-state index < -0.39 is 12.5 Å². The van der Waals surface area contributed by atoms with Gasteiger partial charge in [0.25, 0.3) is 5.91 Å². The molecule has 0 aliphatic carbocycles. The van der Waals surface area contributed by atoms with Gasteiger partial charge in [0.2, 0.25) is 0 Å². The highest BCUT2D eigenvalue weighted by Gasteiger charge is 2.10. The minimum absolute atomic E-state index is 0.0650. The van der Waals surface area contributed by atoms with Crippen LogP contribution in [0.4, 0.5) is 14.6 Å². The van der Waals surface area contributed by atoms with E-state index in [1.54, 1.807) is 25.1 Å². The number of nitrogens with zero attached hydrogens (tertiary/aromatic N) is 1. The predicted molar refractivity (Wildman–Crippen MR) is 70.0 cm³/mol. The quantitative estimate of drug-likeness (QED) is 0.934. The Morgan fingerprint density at radius 2 is 2.00 bits per heavy atom.